The summed E-state index contributed by atoms with van der Waals surface area (Å²) in [6.45, 7) is 3.52. The number of anilines is 1. The molecule has 1 aromatic carbocycles. The molecular formula is C18H21N5O. The Morgan fingerprint density at radius 3 is 3.04 bits per heavy atom. The summed E-state index contributed by atoms with van der Waals surface area (Å²) in [6, 6.07) is 10.3. The summed E-state index contributed by atoms with van der Waals surface area (Å²) in [5, 5.41) is 0. The quantitative estimate of drug-likeness (QED) is 0.796. The van der Waals surface area contributed by atoms with Crippen LogP contribution in [-0.2, 0) is 0 Å². The first-order valence-electron chi connectivity index (χ1n) is 8.51. The van der Waals surface area contributed by atoms with Crippen molar-refractivity contribution in [2.75, 3.05) is 18.1 Å². The van der Waals surface area contributed by atoms with Crippen molar-refractivity contribution in [3.8, 4) is 5.88 Å². The van der Waals surface area contributed by atoms with Gasteiger partial charge >= 0.3 is 0 Å². The largest absolute Gasteiger partial charge is 0.478 e. The molecule has 2 aromatic heterocycles. The number of nitrogens with one attached hydrogen (secondary N) is 1. The molecule has 3 heterocycles. The summed E-state index contributed by atoms with van der Waals surface area (Å²) in [7, 11) is 0. The van der Waals surface area contributed by atoms with Gasteiger partial charge in [0.1, 0.15) is 18.0 Å². The maximum Gasteiger partial charge on any atom is 0.218 e. The van der Waals surface area contributed by atoms with Crippen LogP contribution in [-0.4, -0.2) is 33.1 Å². The van der Waals surface area contributed by atoms with E-state index >= 15 is 0 Å². The molecule has 0 radical (unpaired) electrons. The summed E-state index contributed by atoms with van der Waals surface area (Å²) < 4.78 is 5.53. The molecule has 0 saturated carbocycles. The van der Waals surface area contributed by atoms with Crippen LogP contribution in [0.15, 0.2) is 36.7 Å². The molecule has 3 aromatic rings. The lowest BCUT2D eigenvalue weighted by Crippen LogP contribution is -2.34. The third-order valence-electron chi connectivity index (χ3n) is 4.44. The number of H-pyrrole nitrogens is 1. The van der Waals surface area contributed by atoms with Gasteiger partial charge in [0.05, 0.1) is 23.7 Å². The smallest absolute Gasteiger partial charge is 0.218 e. The lowest BCUT2D eigenvalue weighted by molar-refractivity contribution is 0.325. The summed E-state index contributed by atoms with van der Waals surface area (Å²) in [6.07, 6.45) is 4.99. The third-order valence-corrected chi connectivity index (χ3v) is 4.44. The minimum Gasteiger partial charge on any atom is -0.478 e. The second-order valence-electron chi connectivity index (χ2n) is 5.99. The molecule has 24 heavy (non-hydrogen) atoms. The minimum atomic E-state index is 0.204. The zero-order valence-electron chi connectivity index (χ0n) is 13.8. The van der Waals surface area contributed by atoms with Crippen LogP contribution in [0.4, 0.5) is 5.82 Å². The van der Waals surface area contributed by atoms with Gasteiger partial charge < -0.3 is 14.6 Å². The fraction of sp³-hybridized carbons (Fsp3) is 0.389. The lowest BCUT2D eigenvalue weighted by atomic mass is 10.0. The third kappa shape index (κ3) is 2.79. The number of hydrogen-bond acceptors (Lipinski definition) is 5. The molecule has 1 aliphatic rings. The molecule has 0 aliphatic carbocycles. The molecule has 1 atom stereocenters. The van der Waals surface area contributed by atoms with Crippen LogP contribution >= 0.6 is 0 Å². The number of imidazole rings is 1. The predicted molar refractivity (Wildman–Crippen MR) is 93.2 cm³/mol. The van der Waals surface area contributed by atoms with Gasteiger partial charge in [-0.25, -0.2) is 15.0 Å². The first-order valence-corrected chi connectivity index (χ1v) is 8.51. The number of aromatic amines is 1. The summed E-state index contributed by atoms with van der Waals surface area (Å²) in [4.78, 5) is 19.2. The van der Waals surface area contributed by atoms with E-state index in [1.54, 1.807) is 6.33 Å². The Bertz CT molecular complexity index is 798. The van der Waals surface area contributed by atoms with E-state index in [-0.39, 0.29) is 6.04 Å². The molecule has 1 N–H and O–H groups in total. The van der Waals surface area contributed by atoms with Gasteiger partial charge in [-0.3, -0.25) is 0 Å². The molecule has 0 bridgehead atoms. The van der Waals surface area contributed by atoms with Crippen molar-refractivity contribution < 1.29 is 4.74 Å². The average Bonchev–Trinajstić information content (AvgIpc) is 3.06. The van der Waals surface area contributed by atoms with Crippen molar-refractivity contribution in [3.05, 3.63) is 42.5 Å². The second-order valence-corrected chi connectivity index (χ2v) is 5.99. The Morgan fingerprint density at radius 1 is 1.25 bits per heavy atom. The highest BCUT2D eigenvalue weighted by molar-refractivity contribution is 5.75. The van der Waals surface area contributed by atoms with Crippen LogP contribution in [0.25, 0.3) is 11.0 Å². The summed E-state index contributed by atoms with van der Waals surface area (Å²) in [5.41, 5.74) is 2.09. The van der Waals surface area contributed by atoms with Gasteiger partial charge in [0.2, 0.25) is 5.88 Å². The van der Waals surface area contributed by atoms with Crippen LogP contribution in [0.5, 0.6) is 5.88 Å². The Kier molecular flexibility index (Phi) is 4.02. The van der Waals surface area contributed by atoms with Gasteiger partial charge in [-0.05, 0) is 38.3 Å². The zero-order chi connectivity index (χ0) is 16.4. The number of ether oxygens (including phenoxy) is 1. The number of fused-ring (bicyclic) bond motifs is 1. The molecular weight excluding hydrogens is 302 g/mol. The van der Waals surface area contributed by atoms with E-state index in [1.807, 2.05) is 31.2 Å². The first kappa shape index (κ1) is 14.9. The maximum atomic E-state index is 5.53. The highest BCUT2D eigenvalue weighted by Gasteiger charge is 2.28. The van der Waals surface area contributed by atoms with E-state index in [4.69, 9.17) is 9.72 Å². The van der Waals surface area contributed by atoms with Gasteiger partial charge in [0, 0.05) is 12.6 Å². The molecule has 1 unspecified atom stereocenters. The van der Waals surface area contributed by atoms with Crippen LogP contribution < -0.4 is 9.64 Å². The Hall–Kier alpha value is -2.63. The number of rotatable bonds is 4. The number of benzene rings is 1. The van der Waals surface area contributed by atoms with Crippen molar-refractivity contribution in [2.24, 2.45) is 0 Å². The van der Waals surface area contributed by atoms with E-state index in [0.717, 1.165) is 42.1 Å². The van der Waals surface area contributed by atoms with E-state index in [9.17, 15) is 0 Å². The Labute approximate surface area is 140 Å². The Balaban J connectivity index is 1.69. The normalized spacial score (nSPS) is 18.0. The molecule has 6 nitrogen and oxygen atoms in total. The number of piperidine rings is 1. The number of nitrogens with zero attached hydrogens (tertiary/aromatic N) is 4. The van der Waals surface area contributed by atoms with E-state index in [2.05, 4.69) is 25.9 Å². The molecule has 4 rings (SSSR count). The summed E-state index contributed by atoms with van der Waals surface area (Å²) >= 11 is 0. The molecule has 1 aliphatic heterocycles. The SMILES string of the molecule is CCOc1cc(N2CCCCC2c2nc3ccccc3[nH]2)ncn1. The standard InChI is InChI=1S/C18H21N5O/c1-2-24-17-11-16(19-12-20-17)23-10-6-5-9-15(23)18-21-13-7-3-4-8-14(13)22-18/h3-4,7-8,11-12,15H,2,5-6,9-10H2,1H3,(H,21,22). The lowest BCUT2D eigenvalue weighted by Gasteiger charge is -2.35. The molecule has 1 fully saturated rings. The number of aromatic nitrogens is 4. The van der Waals surface area contributed by atoms with Crippen molar-refractivity contribution in [3.63, 3.8) is 0 Å². The predicted octanol–water partition coefficient (Wildman–Crippen LogP) is 3.48. The average molecular weight is 323 g/mol. The van der Waals surface area contributed by atoms with Crippen LogP contribution in [0.2, 0.25) is 0 Å². The molecule has 6 heteroatoms. The van der Waals surface area contributed by atoms with E-state index in [1.165, 1.54) is 6.42 Å². The maximum absolute atomic E-state index is 5.53. The molecule has 0 amide bonds. The van der Waals surface area contributed by atoms with E-state index in [0.29, 0.717) is 12.5 Å². The van der Waals surface area contributed by atoms with Gasteiger partial charge in [-0.2, -0.15) is 0 Å². The molecule has 124 valence electrons. The topological polar surface area (TPSA) is 66.9 Å². The highest BCUT2D eigenvalue weighted by Crippen LogP contribution is 2.34. The summed E-state index contributed by atoms with van der Waals surface area (Å²) in [5.74, 6) is 2.53. The van der Waals surface area contributed by atoms with Gasteiger partial charge in [-0.15, -0.1) is 0 Å². The van der Waals surface area contributed by atoms with Crippen LogP contribution in [0.1, 0.15) is 38.1 Å². The number of para-hydroxylation sites is 2. The highest BCUT2D eigenvalue weighted by atomic mass is 16.5. The number of hydrogen-bond donors (Lipinski definition) is 1. The first-order chi connectivity index (χ1) is 11.8. The Morgan fingerprint density at radius 2 is 2.17 bits per heavy atom. The van der Waals surface area contributed by atoms with Gasteiger partial charge in [0.15, 0.2) is 0 Å². The van der Waals surface area contributed by atoms with Crippen molar-refractivity contribution >= 4 is 16.9 Å². The van der Waals surface area contributed by atoms with Gasteiger partial charge in [0.25, 0.3) is 0 Å². The molecule has 0 spiro atoms. The van der Waals surface area contributed by atoms with Crippen LogP contribution in [0.3, 0.4) is 0 Å². The van der Waals surface area contributed by atoms with Crippen molar-refractivity contribution in [2.45, 2.75) is 32.2 Å². The van der Waals surface area contributed by atoms with E-state index < -0.39 is 0 Å². The molecule has 1 saturated heterocycles. The monoisotopic (exact) mass is 323 g/mol. The second kappa shape index (κ2) is 6.47. The van der Waals surface area contributed by atoms with Gasteiger partial charge in [-0.1, -0.05) is 12.1 Å². The van der Waals surface area contributed by atoms with Crippen molar-refractivity contribution in [1.82, 2.24) is 19.9 Å². The fourth-order valence-corrected chi connectivity index (χ4v) is 3.33. The van der Waals surface area contributed by atoms with Crippen LogP contribution in [0, 0.1) is 0 Å². The minimum absolute atomic E-state index is 0.204. The zero-order valence-corrected chi connectivity index (χ0v) is 13.8. The fourth-order valence-electron chi connectivity index (χ4n) is 3.33. The van der Waals surface area contributed by atoms with Crippen molar-refractivity contribution in [1.29, 1.82) is 0 Å².